The Bertz CT molecular complexity index is 563. The Morgan fingerprint density at radius 2 is 2.17 bits per heavy atom. The summed E-state index contributed by atoms with van der Waals surface area (Å²) in [5.74, 6) is 0.448. The summed E-state index contributed by atoms with van der Waals surface area (Å²) in [6, 6.07) is 6.44. The quantitative estimate of drug-likeness (QED) is 0.870. The maximum atomic E-state index is 11.9. The van der Waals surface area contributed by atoms with Gasteiger partial charge in [-0.15, -0.1) is 0 Å². The number of rotatable bonds is 2. The normalized spacial score (nSPS) is 10.1. The van der Waals surface area contributed by atoms with Crippen molar-refractivity contribution in [1.82, 2.24) is 9.97 Å². The maximum absolute atomic E-state index is 11.9. The van der Waals surface area contributed by atoms with Gasteiger partial charge in [0.2, 0.25) is 0 Å². The number of hydrogen-bond donors (Lipinski definition) is 2. The van der Waals surface area contributed by atoms with E-state index in [0.717, 1.165) is 0 Å². The third-order valence-electron chi connectivity index (χ3n) is 2.20. The van der Waals surface area contributed by atoms with Crippen molar-refractivity contribution in [2.24, 2.45) is 0 Å². The Morgan fingerprint density at radius 3 is 2.78 bits per heavy atom. The fraction of sp³-hybridized carbons (Fsp3) is 0.0833. The highest BCUT2D eigenvalue weighted by molar-refractivity contribution is 6.30. The second-order valence-electron chi connectivity index (χ2n) is 3.74. The summed E-state index contributed by atoms with van der Waals surface area (Å²) < 4.78 is 0. The average molecular weight is 263 g/mol. The molecule has 1 amide bonds. The Hall–Kier alpha value is -2.14. The molecule has 92 valence electrons. The SMILES string of the molecule is Cc1cc(C(=O)Nc2ccc(Cl)cn2)cc(N)n1. The topological polar surface area (TPSA) is 80.9 Å². The number of nitrogens with two attached hydrogens (primary N) is 1. The largest absolute Gasteiger partial charge is 0.384 e. The van der Waals surface area contributed by atoms with Crippen LogP contribution in [0.25, 0.3) is 0 Å². The fourth-order valence-corrected chi connectivity index (χ4v) is 1.58. The van der Waals surface area contributed by atoms with Gasteiger partial charge in [-0.05, 0) is 31.2 Å². The number of nitrogen functional groups attached to an aromatic ring is 1. The van der Waals surface area contributed by atoms with Crippen LogP contribution in [0.4, 0.5) is 11.6 Å². The van der Waals surface area contributed by atoms with Gasteiger partial charge in [0.05, 0.1) is 5.02 Å². The molecule has 2 aromatic heterocycles. The first-order valence-corrected chi connectivity index (χ1v) is 5.59. The molecule has 2 heterocycles. The molecular weight excluding hydrogens is 252 g/mol. The number of nitrogens with zero attached hydrogens (tertiary/aromatic N) is 2. The van der Waals surface area contributed by atoms with E-state index in [1.54, 1.807) is 25.1 Å². The molecule has 2 rings (SSSR count). The van der Waals surface area contributed by atoms with E-state index in [2.05, 4.69) is 15.3 Å². The molecule has 0 spiro atoms. The number of hydrogen-bond acceptors (Lipinski definition) is 4. The third-order valence-corrected chi connectivity index (χ3v) is 2.43. The summed E-state index contributed by atoms with van der Waals surface area (Å²) in [5, 5.41) is 3.16. The van der Waals surface area contributed by atoms with Crippen LogP contribution in [0.2, 0.25) is 5.02 Å². The highest BCUT2D eigenvalue weighted by atomic mass is 35.5. The van der Waals surface area contributed by atoms with Crippen LogP contribution < -0.4 is 11.1 Å². The van der Waals surface area contributed by atoms with Crippen LogP contribution in [0.1, 0.15) is 16.1 Å². The van der Waals surface area contributed by atoms with Gasteiger partial charge < -0.3 is 11.1 Å². The number of carbonyl (C=O) groups is 1. The minimum Gasteiger partial charge on any atom is -0.384 e. The van der Waals surface area contributed by atoms with Crippen molar-refractivity contribution in [2.45, 2.75) is 6.92 Å². The van der Waals surface area contributed by atoms with Crippen LogP contribution in [-0.4, -0.2) is 15.9 Å². The van der Waals surface area contributed by atoms with Crippen LogP contribution in [0, 0.1) is 6.92 Å². The number of pyridine rings is 2. The van der Waals surface area contributed by atoms with E-state index in [1.807, 2.05) is 0 Å². The van der Waals surface area contributed by atoms with Crippen molar-refractivity contribution >= 4 is 29.1 Å². The highest BCUT2D eigenvalue weighted by Gasteiger charge is 2.08. The predicted octanol–water partition coefficient (Wildman–Crippen LogP) is 2.27. The summed E-state index contributed by atoms with van der Waals surface area (Å²) in [7, 11) is 0. The van der Waals surface area contributed by atoms with E-state index >= 15 is 0 Å². The van der Waals surface area contributed by atoms with Gasteiger partial charge in [-0.2, -0.15) is 0 Å². The van der Waals surface area contributed by atoms with E-state index in [-0.39, 0.29) is 5.91 Å². The summed E-state index contributed by atoms with van der Waals surface area (Å²) in [4.78, 5) is 19.9. The molecule has 0 aliphatic carbocycles. The lowest BCUT2D eigenvalue weighted by Crippen LogP contribution is -2.13. The molecule has 0 aliphatic heterocycles. The van der Waals surface area contributed by atoms with Crippen molar-refractivity contribution in [3.05, 3.63) is 46.7 Å². The number of halogens is 1. The van der Waals surface area contributed by atoms with Crippen LogP contribution in [0.5, 0.6) is 0 Å². The van der Waals surface area contributed by atoms with Gasteiger partial charge in [0.25, 0.3) is 5.91 Å². The van der Waals surface area contributed by atoms with E-state index < -0.39 is 0 Å². The lowest BCUT2D eigenvalue weighted by Gasteiger charge is -2.05. The minimum absolute atomic E-state index is 0.290. The summed E-state index contributed by atoms with van der Waals surface area (Å²) >= 11 is 5.71. The zero-order valence-corrected chi connectivity index (χ0v) is 10.4. The van der Waals surface area contributed by atoms with Gasteiger partial charge in [-0.25, -0.2) is 9.97 Å². The van der Waals surface area contributed by atoms with Gasteiger partial charge >= 0.3 is 0 Å². The molecule has 2 aromatic rings. The molecule has 5 nitrogen and oxygen atoms in total. The van der Waals surface area contributed by atoms with Crippen LogP contribution in [0.3, 0.4) is 0 Å². The summed E-state index contributed by atoms with van der Waals surface area (Å²) in [5.41, 5.74) is 6.71. The van der Waals surface area contributed by atoms with Gasteiger partial charge in [0.1, 0.15) is 11.6 Å². The van der Waals surface area contributed by atoms with E-state index in [4.69, 9.17) is 17.3 Å². The molecule has 0 bridgehead atoms. The number of aryl methyl sites for hydroxylation is 1. The van der Waals surface area contributed by atoms with Crippen molar-refractivity contribution in [3.8, 4) is 0 Å². The number of carbonyl (C=O) groups excluding carboxylic acids is 1. The van der Waals surface area contributed by atoms with Crippen molar-refractivity contribution in [2.75, 3.05) is 11.1 Å². The maximum Gasteiger partial charge on any atom is 0.257 e. The Labute approximate surface area is 109 Å². The van der Waals surface area contributed by atoms with Gasteiger partial charge in [0, 0.05) is 17.5 Å². The lowest BCUT2D eigenvalue weighted by molar-refractivity contribution is 0.102. The van der Waals surface area contributed by atoms with Gasteiger partial charge in [-0.1, -0.05) is 11.6 Å². The Morgan fingerprint density at radius 1 is 1.39 bits per heavy atom. The van der Waals surface area contributed by atoms with E-state index in [0.29, 0.717) is 27.9 Å². The number of nitrogens with one attached hydrogen (secondary N) is 1. The molecule has 0 saturated carbocycles. The molecule has 0 atom stereocenters. The molecule has 3 N–H and O–H groups in total. The van der Waals surface area contributed by atoms with Crippen molar-refractivity contribution in [1.29, 1.82) is 0 Å². The number of amides is 1. The molecular formula is C12H11ClN4O. The predicted molar refractivity (Wildman–Crippen MR) is 70.6 cm³/mol. The number of anilines is 2. The molecule has 0 unspecified atom stereocenters. The molecule has 0 saturated heterocycles. The first kappa shape index (κ1) is 12.3. The lowest BCUT2D eigenvalue weighted by atomic mass is 10.2. The zero-order chi connectivity index (χ0) is 13.1. The third kappa shape index (κ3) is 2.95. The van der Waals surface area contributed by atoms with E-state index in [1.165, 1.54) is 12.3 Å². The molecule has 0 radical (unpaired) electrons. The van der Waals surface area contributed by atoms with Crippen LogP contribution in [0.15, 0.2) is 30.5 Å². The Balaban J connectivity index is 2.19. The first-order valence-electron chi connectivity index (χ1n) is 5.21. The first-order chi connectivity index (χ1) is 8.54. The average Bonchev–Trinajstić information content (AvgIpc) is 2.31. The second kappa shape index (κ2) is 5.01. The minimum atomic E-state index is -0.290. The van der Waals surface area contributed by atoms with Crippen LogP contribution >= 0.6 is 11.6 Å². The van der Waals surface area contributed by atoms with Gasteiger partial charge in [-0.3, -0.25) is 4.79 Å². The van der Waals surface area contributed by atoms with Gasteiger partial charge in [0.15, 0.2) is 0 Å². The van der Waals surface area contributed by atoms with E-state index in [9.17, 15) is 4.79 Å². The smallest absolute Gasteiger partial charge is 0.257 e. The summed E-state index contributed by atoms with van der Waals surface area (Å²) in [6.45, 7) is 1.77. The highest BCUT2D eigenvalue weighted by Crippen LogP contribution is 2.12. The zero-order valence-electron chi connectivity index (χ0n) is 9.64. The monoisotopic (exact) mass is 262 g/mol. The molecule has 0 aliphatic rings. The Kier molecular flexibility index (Phi) is 3.43. The van der Waals surface area contributed by atoms with Crippen LogP contribution in [-0.2, 0) is 0 Å². The van der Waals surface area contributed by atoms with Crippen molar-refractivity contribution in [3.63, 3.8) is 0 Å². The second-order valence-corrected chi connectivity index (χ2v) is 4.17. The molecule has 0 aromatic carbocycles. The fourth-order valence-electron chi connectivity index (χ4n) is 1.46. The standard InChI is InChI=1S/C12H11ClN4O/c1-7-4-8(5-10(14)16-7)12(18)17-11-3-2-9(13)6-15-11/h2-6H,1H3,(H2,14,16)(H,15,17,18). The number of aromatic nitrogens is 2. The van der Waals surface area contributed by atoms with Crippen molar-refractivity contribution < 1.29 is 4.79 Å². The molecule has 6 heteroatoms. The molecule has 0 fully saturated rings. The molecule has 18 heavy (non-hydrogen) atoms. The summed E-state index contributed by atoms with van der Waals surface area (Å²) in [6.07, 6.45) is 1.46.